The third kappa shape index (κ3) is 2.62. The van der Waals surface area contributed by atoms with Gasteiger partial charge in [0.2, 0.25) is 0 Å². The highest BCUT2D eigenvalue weighted by Gasteiger charge is 2.22. The van der Waals surface area contributed by atoms with Gasteiger partial charge in [0.1, 0.15) is 0 Å². The van der Waals surface area contributed by atoms with Crippen LogP contribution < -0.4 is 10.8 Å². The molecular formula is C11H15ClN2O. The van der Waals surface area contributed by atoms with Gasteiger partial charge < -0.3 is 9.74 Å². The fraction of sp³-hybridized carbons (Fsp3) is 0.455. The van der Waals surface area contributed by atoms with Crippen molar-refractivity contribution in [3.8, 4) is 0 Å². The number of nitrogens with two attached hydrogens (primary N) is 1. The van der Waals surface area contributed by atoms with Crippen molar-refractivity contribution in [3.63, 3.8) is 0 Å². The Morgan fingerprint density at radius 3 is 3.13 bits per heavy atom. The summed E-state index contributed by atoms with van der Waals surface area (Å²) in [6, 6.07) is 7.94. The van der Waals surface area contributed by atoms with Crippen LogP contribution >= 0.6 is 11.6 Å². The molecule has 1 saturated heterocycles. The summed E-state index contributed by atoms with van der Waals surface area (Å²) < 4.78 is 0. The molecule has 0 spiro atoms. The Morgan fingerprint density at radius 1 is 1.53 bits per heavy atom. The largest absolute Gasteiger partial charge is 0.371 e. The van der Waals surface area contributed by atoms with Crippen LogP contribution in [0.4, 0.5) is 5.69 Å². The first-order valence-electron chi connectivity index (χ1n) is 5.12. The van der Waals surface area contributed by atoms with E-state index in [1.54, 1.807) is 0 Å². The summed E-state index contributed by atoms with van der Waals surface area (Å²) in [6.07, 6.45) is 1.13. The van der Waals surface area contributed by atoms with Crippen LogP contribution in [0.1, 0.15) is 6.42 Å². The van der Waals surface area contributed by atoms with Gasteiger partial charge in [-0.15, -0.1) is 0 Å². The van der Waals surface area contributed by atoms with Crippen molar-refractivity contribution in [2.45, 2.75) is 6.42 Å². The minimum atomic E-state index is 0.536. The highest BCUT2D eigenvalue weighted by atomic mass is 35.5. The van der Waals surface area contributed by atoms with Gasteiger partial charge in [0.25, 0.3) is 0 Å². The van der Waals surface area contributed by atoms with E-state index in [2.05, 4.69) is 15.8 Å². The first kappa shape index (κ1) is 10.7. The van der Waals surface area contributed by atoms with E-state index in [4.69, 9.17) is 17.5 Å². The Hall–Kier alpha value is -0.770. The van der Waals surface area contributed by atoms with Gasteiger partial charge in [0.15, 0.2) is 0 Å². The van der Waals surface area contributed by atoms with Gasteiger partial charge in [-0.25, -0.2) is 5.90 Å². The predicted octanol–water partition coefficient (Wildman–Crippen LogP) is 2.06. The average Bonchev–Trinajstić information content (AvgIpc) is 2.67. The standard InChI is InChI=1S/C11H15ClN2O/c12-10-2-1-3-11(6-10)14-5-4-9(7-14)8-15-13/h1-3,6,9H,4-5,7-8,13H2. The van der Waals surface area contributed by atoms with Crippen molar-refractivity contribution in [1.82, 2.24) is 0 Å². The second kappa shape index (κ2) is 4.84. The topological polar surface area (TPSA) is 38.5 Å². The fourth-order valence-corrected chi connectivity index (χ4v) is 2.20. The molecule has 0 aliphatic carbocycles. The van der Waals surface area contributed by atoms with Crippen LogP contribution in [0.2, 0.25) is 5.02 Å². The van der Waals surface area contributed by atoms with Gasteiger partial charge >= 0.3 is 0 Å². The summed E-state index contributed by atoms with van der Waals surface area (Å²) in [4.78, 5) is 7.00. The maximum atomic E-state index is 5.95. The van der Waals surface area contributed by atoms with Crippen LogP contribution in [-0.2, 0) is 4.84 Å². The van der Waals surface area contributed by atoms with Gasteiger partial charge in [-0.1, -0.05) is 17.7 Å². The molecule has 0 amide bonds. The first-order valence-corrected chi connectivity index (χ1v) is 5.49. The Bertz CT molecular complexity index is 332. The van der Waals surface area contributed by atoms with Crippen LogP contribution in [0, 0.1) is 5.92 Å². The fourth-order valence-electron chi connectivity index (χ4n) is 2.01. The molecule has 2 rings (SSSR count). The second-order valence-corrected chi connectivity index (χ2v) is 4.35. The van der Waals surface area contributed by atoms with E-state index in [0.29, 0.717) is 12.5 Å². The molecule has 1 atom stereocenters. The first-order chi connectivity index (χ1) is 7.29. The molecule has 4 heteroatoms. The summed E-state index contributed by atoms with van der Waals surface area (Å²) >= 11 is 5.95. The lowest BCUT2D eigenvalue weighted by atomic mass is 10.1. The van der Waals surface area contributed by atoms with Crippen molar-refractivity contribution < 1.29 is 4.84 Å². The summed E-state index contributed by atoms with van der Waals surface area (Å²) in [5, 5.41) is 0.783. The lowest BCUT2D eigenvalue weighted by molar-refractivity contribution is 0.108. The van der Waals surface area contributed by atoms with E-state index in [1.807, 2.05) is 18.2 Å². The molecule has 1 aromatic carbocycles. The molecule has 15 heavy (non-hydrogen) atoms. The Labute approximate surface area is 94.7 Å². The highest BCUT2D eigenvalue weighted by Crippen LogP contribution is 2.25. The zero-order valence-electron chi connectivity index (χ0n) is 8.53. The third-order valence-corrected chi connectivity index (χ3v) is 3.03. The minimum Gasteiger partial charge on any atom is -0.371 e. The number of halogens is 1. The summed E-state index contributed by atoms with van der Waals surface area (Å²) in [7, 11) is 0. The van der Waals surface area contributed by atoms with Crippen LogP contribution in [0.25, 0.3) is 0 Å². The molecule has 1 unspecified atom stereocenters. The van der Waals surface area contributed by atoms with E-state index < -0.39 is 0 Å². The molecule has 0 aromatic heterocycles. The number of benzene rings is 1. The molecule has 1 fully saturated rings. The number of nitrogens with zero attached hydrogens (tertiary/aromatic N) is 1. The molecular weight excluding hydrogens is 212 g/mol. The van der Waals surface area contributed by atoms with Crippen LogP contribution in [0.15, 0.2) is 24.3 Å². The van der Waals surface area contributed by atoms with Gasteiger partial charge in [-0.2, -0.15) is 0 Å². The number of hydrogen-bond donors (Lipinski definition) is 1. The SMILES string of the molecule is NOCC1CCN(c2cccc(Cl)c2)C1. The number of anilines is 1. The lowest BCUT2D eigenvalue weighted by Crippen LogP contribution is -2.21. The van der Waals surface area contributed by atoms with E-state index in [-0.39, 0.29) is 0 Å². The monoisotopic (exact) mass is 226 g/mol. The van der Waals surface area contributed by atoms with Crippen molar-refractivity contribution in [3.05, 3.63) is 29.3 Å². The maximum Gasteiger partial charge on any atom is 0.0724 e. The Kier molecular flexibility index (Phi) is 3.46. The highest BCUT2D eigenvalue weighted by molar-refractivity contribution is 6.30. The summed E-state index contributed by atoms with van der Waals surface area (Å²) in [5.74, 6) is 5.61. The van der Waals surface area contributed by atoms with Crippen molar-refractivity contribution in [2.75, 3.05) is 24.6 Å². The minimum absolute atomic E-state index is 0.536. The van der Waals surface area contributed by atoms with Crippen molar-refractivity contribution in [1.29, 1.82) is 0 Å². The molecule has 1 heterocycles. The van der Waals surface area contributed by atoms with Gasteiger partial charge in [-0.05, 0) is 24.6 Å². The molecule has 0 saturated carbocycles. The molecule has 1 aliphatic heterocycles. The molecule has 1 aliphatic rings. The summed E-state index contributed by atoms with van der Waals surface area (Å²) in [6.45, 7) is 2.68. The third-order valence-electron chi connectivity index (χ3n) is 2.79. The van der Waals surface area contributed by atoms with Gasteiger partial charge in [-0.3, -0.25) is 0 Å². The maximum absolute atomic E-state index is 5.95. The van der Waals surface area contributed by atoms with Crippen molar-refractivity contribution >= 4 is 17.3 Å². The molecule has 0 bridgehead atoms. The lowest BCUT2D eigenvalue weighted by Gasteiger charge is -2.18. The molecule has 82 valence electrons. The molecule has 3 nitrogen and oxygen atoms in total. The van der Waals surface area contributed by atoms with Crippen LogP contribution in [0.5, 0.6) is 0 Å². The van der Waals surface area contributed by atoms with E-state index >= 15 is 0 Å². The molecule has 2 N–H and O–H groups in total. The normalized spacial score (nSPS) is 20.9. The molecule has 1 aromatic rings. The van der Waals surface area contributed by atoms with E-state index in [0.717, 1.165) is 24.5 Å². The number of rotatable bonds is 3. The smallest absolute Gasteiger partial charge is 0.0724 e. The zero-order valence-corrected chi connectivity index (χ0v) is 9.28. The zero-order chi connectivity index (χ0) is 10.7. The van der Waals surface area contributed by atoms with Crippen LogP contribution in [-0.4, -0.2) is 19.7 Å². The Balaban J connectivity index is 2.01. The Morgan fingerprint density at radius 2 is 2.40 bits per heavy atom. The van der Waals surface area contributed by atoms with Crippen molar-refractivity contribution in [2.24, 2.45) is 11.8 Å². The summed E-state index contributed by atoms with van der Waals surface area (Å²) in [5.41, 5.74) is 1.18. The van der Waals surface area contributed by atoms with Crippen LogP contribution in [0.3, 0.4) is 0 Å². The van der Waals surface area contributed by atoms with E-state index in [9.17, 15) is 0 Å². The van der Waals surface area contributed by atoms with Gasteiger partial charge in [0.05, 0.1) is 6.61 Å². The number of hydrogen-bond acceptors (Lipinski definition) is 3. The average molecular weight is 227 g/mol. The second-order valence-electron chi connectivity index (χ2n) is 3.91. The quantitative estimate of drug-likeness (QED) is 0.802. The predicted molar refractivity (Wildman–Crippen MR) is 61.9 cm³/mol. The van der Waals surface area contributed by atoms with E-state index in [1.165, 1.54) is 5.69 Å². The van der Waals surface area contributed by atoms with Gasteiger partial charge in [0, 0.05) is 29.7 Å². The molecule has 0 radical (unpaired) electrons.